The number of piperazine rings is 1. The van der Waals surface area contributed by atoms with Crippen LogP contribution in [-0.4, -0.2) is 34.4 Å². The topological polar surface area (TPSA) is 58.4 Å². The molecule has 1 heterocycles. The molecule has 1 aromatic rings. The average molecular weight is 295 g/mol. The van der Waals surface area contributed by atoms with Crippen LogP contribution >= 0.6 is 12.2 Å². The Bertz CT molecular complexity index is 559. The number of thiocarbonyl (C=S) groups is 1. The number of amides is 1. The molecule has 4 nitrogen and oxygen atoms in total. The van der Waals surface area contributed by atoms with Crippen molar-refractivity contribution in [2.45, 2.75) is 25.9 Å². The summed E-state index contributed by atoms with van der Waals surface area (Å²) in [6, 6.07) is 4.71. The quantitative estimate of drug-likeness (QED) is 0.822. The fourth-order valence-electron chi connectivity index (χ4n) is 2.30. The second-order valence-electron chi connectivity index (χ2n) is 5.41. The van der Waals surface area contributed by atoms with Gasteiger partial charge in [0.05, 0.1) is 5.54 Å². The Hall–Kier alpha value is -1.53. The maximum Gasteiger partial charge on any atom is 0.240 e. The van der Waals surface area contributed by atoms with Crippen molar-refractivity contribution in [3.63, 3.8) is 0 Å². The monoisotopic (exact) mass is 295 g/mol. The van der Waals surface area contributed by atoms with E-state index in [0.29, 0.717) is 13.1 Å². The molecule has 0 spiro atoms. The number of nitrogens with one attached hydrogen (secondary N) is 1. The molecule has 0 bridgehead atoms. The molecule has 2 rings (SSSR count). The Kier molecular flexibility index (Phi) is 4.06. The summed E-state index contributed by atoms with van der Waals surface area (Å²) in [6.07, 6.45) is 0. The van der Waals surface area contributed by atoms with Crippen molar-refractivity contribution < 1.29 is 9.18 Å². The highest BCUT2D eigenvalue weighted by Gasteiger charge is 2.37. The van der Waals surface area contributed by atoms with Gasteiger partial charge in [-0.25, -0.2) is 4.39 Å². The molecule has 6 heteroatoms. The Labute approximate surface area is 123 Å². The fraction of sp³-hybridized carbons (Fsp3) is 0.429. The zero-order valence-corrected chi connectivity index (χ0v) is 12.4. The molecular formula is C14H18FN3OS. The van der Waals surface area contributed by atoms with Gasteiger partial charge >= 0.3 is 0 Å². The van der Waals surface area contributed by atoms with E-state index in [2.05, 4.69) is 10.2 Å². The Morgan fingerprint density at radius 2 is 2.25 bits per heavy atom. The maximum absolute atomic E-state index is 13.6. The number of hydrogen-bond acceptors (Lipinski definition) is 3. The van der Waals surface area contributed by atoms with Crippen molar-refractivity contribution in [3.8, 4) is 0 Å². The minimum absolute atomic E-state index is 0.000399. The largest absolute Gasteiger partial charge is 0.389 e. The number of halogens is 1. The van der Waals surface area contributed by atoms with Gasteiger partial charge in [-0.05, 0) is 31.5 Å². The van der Waals surface area contributed by atoms with Crippen molar-refractivity contribution >= 4 is 23.1 Å². The lowest BCUT2D eigenvalue weighted by Crippen LogP contribution is -2.61. The van der Waals surface area contributed by atoms with Crippen LogP contribution in [0.3, 0.4) is 0 Å². The lowest BCUT2D eigenvalue weighted by molar-refractivity contribution is -0.135. The first kappa shape index (κ1) is 14.9. The molecule has 0 aliphatic carbocycles. The van der Waals surface area contributed by atoms with Gasteiger partial charge in [0.15, 0.2) is 0 Å². The molecule has 0 aromatic heterocycles. The van der Waals surface area contributed by atoms with Crippen LogP contribution in [0.1, 0.15) is 25.0 Å². The summed E-state index contributed by atoms with van der Waals surface area (Å²) in [5.41, 5.74) is 6.05. The smallest absolute Gasteiger partial charge is 0.240 e. The van der Waals surface area contributed by atoms with Gasteiger partial charge in [0.1, 0.15) is 10.8 Å². The van der Waals surface area contributed by atoms with Crippen molar-refractivity contribution in [2.24, 2.45) is 5.73 Å². The molecule has 1 amide bonds. The van der Waals surface area contributed by atoms with Crippen molar-refractivity contribution in [2.75, 3.05) is 13.1 Å². The third kappa shape index (κ3) is 2.81. The van der Waals surface area contributed by atoms with Gasteiger partial charge in [0.25, 0.3) is 0 Å². The van der Waals surface area contributed by atoms with Crippen LogP contribution < -0.4 is 11.1 Å². The molecule has 3 N–H and O–H groups in total. The molecule has 1 aromatic carbocycles. The van der Waals surface area contributed by atoms with E-state index in [1.165, 1.54) is 6.07 Å². The van der Waals surface area contributed by atoms with E-state index in [9.17, 15) is 9.18 Å². The van der Waals surface area contributed by atoms with Crippen LogP contribution in [0.4, 0.5) is 4.39 Å². The number of hydrogen-bond donors (Lipinski definition) is 2. The average Bonchev–Trinajstić information content (AvgIpc) is 2.37. The first-order valence-electron chi connectivity index (χ1n) is 6.44. The van der Waals surface area contributed by atoms with Crippen LogP contribution in [0.15, 0.2) is 18.2 Å². The Morgan fingerprint density at radius 1 is 1.55 bits per heavy atom. The maximum atomic E-state index is 13.6. The number of carbonyl (C=O) groups is 1. The van der Waals surface area contributed by atoms with E-state index in [4.69, 9.17) is 18.0 Å². The van der Waals surface area contributed by atoms with E-state index in [0.717, 1.165) is 12.1 Å². The number of rotatable bonds is 3. The minimum Gasteiger partial charge on any atom is -0.389 e. The number of nitrogens with two attached hydrogens (primary N) is 1. The van der Waals surface area contributed by atoms with Gasteiger partial charge in [-0.3, -0.25) is 9.69 Å². The van der Waals surface area contributed by atoms with Crippen LogP contribution in [0.5, 0.6) is 0 Å². The number of nitrogens with zero attached hydrogens (tertiary/aromatic N) is 1. The highest BCUT2D eigenvalue weighted by Crippen LogP contribution is 2.21. The van der Waals surface area contributed by atoms with E-state index in [1.807, 2.05) is 13.8 Å². The highest BCUT2D eigenvalue weighted by molar-refractivity contribution is 7.80. The van der Waals surface area contributed by atoms with E-state index in [-0.39, 0.29) is 16.5 Å². The van der Waals surface area contributed by atoms with Gasteiger partial charge in [0, 0.05) is 25.2 Å². The molecular weight excluding hydrogens is 277 g/mol. The van der Waals surface area contributed by atoms with Gasteiger partial charge in [0.2, 0.25) is 5.91 Å². The Balaban J connectivity index is 2.23. The second kappa shape index (κ2) is 5.46. The summed E-state index contributed by atoms with van der Waals surface area (Å²) in [5.74, 6) is -0.419. The summed E-state index contributed by atoms with van der Waals surface area (Å²) in [6.45, 7) is 5.67. The third-order valence-electron chi connectivity index (χ3n) is 3.68. The summed E-state index contributed by atoms with van der Waals surface area (Å²) in [5, 5.41) is 2.85. The fourth-order valence-corrected chi connectivity index (χ4v) is 2.46. The van der Waals surface area contributed by atoms with E-state index >= 15 is 0 Å². The van der Waals surface area contributed by atoms with Crippen molar-refractivity contribution in [1.29, 1.82) is 0 Å². The SMILES string of the molecule is CC1(C)C(=O)NCCN1Cc1ccc(F)c(C(N)=S)c1. The predicted octanol–water partition coefficient (Wildman–Crippen LogP) is 1.17. The molecule has 1 aliphatic rings. The van der Waals surface area contributed by atoms with Gasteiger partial charge in [-0.15, -0.1) is 0 Å². The number of carbonyl (C=O) groups excluding carboxylic acids is 1. The summed E-state index contributed by atoms with van der Waals surface area (Å²) in [4.78, 5) is 14.0. The first-order chi connectivity index (χ1) is 9.32. The highest BCUT2D eigenvalue weighted by atomic mass is 32.1. The van der Waals surface area contributed by atoms with Crippen LogP contribution in [0.2, 0.25) is 0 Å². The standard InChI is InChI=1S/C14H18FN3OS/c1-14(2)13(19)17-5-6-18(14)8-9-3-4-11(15)10(7-9)12(16)20/h3-4,7H,5-6,8H2,1-2H3,(H2,16,20)(H,17,19). The van der Waals surface area contributed by atoms with E-state index < -0.39 is 11.4 Å². The van der Waals surface area contributed by atoms with Gasteiger partial charge in [-0.1, -0.05) is 18.3 Å². The molecule has 1 aliphatic heterocycles. The molecule has 0 unspecified atom stereocenters. The van der Waals surface area contributed by atoms with Crippen molar-refractivity contribution in [1.82, 2.24) is 10.2 Å². The van der Waals surface area contributed by atoms with Crippen LogP contribution in [-0.2, 0) is 11.3 Å². The molecule has 108 valence electrons. The first-order valence-corrected chi connectivity index (χ1v) is 6.85. The van der Waals surface area contributed by atoms with E-state index in [1.54, 1.807) is 12.1 Å². The molecule has 0 saturated carbocycles. The van der Waals surface area contributed by atoms with Gasteiger partial charge in [-0.2, -0.15) is 0 Å². The molecule has 0 atom stereocenters. The molecule has 20 heavy (non-hydrogen) atoms. The van der Waals surface area contributed by atoms with Crippen LogP contribution in [0, 0.1) is 5.82 Å². The van der Waals surface area contributed by atoms with Gasteiger partial charge < -0.3 is 11.1 Å². The molecule has 1 fully saturated rings. The lowest BCUT2D eigenvalue weighted by Gasteiger charge is -2.41. The third-order valence-corrected chi connectivity index (χ3v) is 3.90. The lowest BCUT2D eigenvalue weighted by atomic mass is 9.97. The van der Waals surface area contributed by atoms with Crippen LogP contribution in [0.25, 0.3) is 0 Å². The minimum atomic E-state index is -0.587. The normalized spacial score (nSPS) is 18.6. The molecule has 0 radical (unpaired) electrons. The summed E-state index contributed by atoms with van der Waals surface area (Å²) >= 11 is 4.84. The predicted molar refractivity (Wildman–Crippen MR) is 79.8 cm³/mol. The summed E-state index contributed by atoms with van der Waals surface area (Å²) < 4.78 is 13.6. The Morgan fingerprint density at radius 3 is 2.90 bits per heavy atom. The summed E-state index contributed by atoms with van der Waals surface area (Å²) in [7, 11) is 0. The zero-order valence-electron chi connectivity index (χ0n) is 11.6. The van der Waals surface area contributed by atoms with Crippen molar-refractivity contribution in [3.05, 3.63) is 35.1 Å². The number of benzene rings is 1. The molecule has 1 saturated heterocycles. The second-order valence-corrected chi connectivity index (χ2v) is 5.85. The zero-order chi connectivity index (χ0) is 14.9.